The van der Waals surface area contributed by atoms with E-state index in [0.717, 1.165) is 32.5 Å². The van der Waals surface area contributed by atoms with Gasteiger partial charge < -0.3 is 9.52 Å². The molecule has 90 valence electrons. The van der Waals surface area contributed by atoms with E-state index in [1.54, 1.807) is 6.26 Å². The molecule has 0 saturated heterocycles. The van der Waals surface area contributed by atoms with E-state index >= 15 is 0 Å². The summed E-state index contributed by atoms with van der Waals surface area (Å²) in [5.74, 6) is 0.762. The molecule has 0 bridgehead atoms. The van der Waals surface area contributed by atoms with E-state index in [0.29, 0.717) is 0 Å². The summed E-state index contributed by atoms with van der Waals surface area (Å²) in [4.78, 5) is 0. The van der Waals surface area contributed by atoms with Gasteiger partial charge in [0.15, 0.2) is 0 Å². The Balaban J connectivity index is 2.48. The van der Waals surface area contributed by atoms with E-state index in [4.69, 9.17) is 4.42 Å². The Morgan fingerprint density at radius 3 is 2.41 bits per heavy atom. The molecule has 17 heavy (non-hydrogen) atoms. The van der Waals surface area contributed by atoms with Gasteiger partial charge in [-0.1, -0.05) is 22.0 Å². The molecule has 2 rings (SSSR count). The quantitative estimate of drug-likeness (QED) is 0.906. The van der Waals surface area contributed by atoms with Crippen LogP contribution in [0, 0.1) is 20.8 Å². The zero-order valence-corrected chi connectivity index (χ0v) is 11.7. The minimum Gasteiger partial charge on any atom is -0.469 e. The first kappa shape index (κ1) is 12.4. The molecule has 0 fully saturated rings. The summed E-state index contributed by atoms with van der Waals surface area (Å²) in [7, 11) is 0. The van der Waals surface area contributed by atoms with Gasteiger partial charge in [-0.3, -0.25) is 0 Å². The second-order valence-electron chi connectivity index (χ2n) is 4.29. The second kappa shape index (κ2) is 4.67. The summed E-state index contributed by atoms with van der Waals surface area (Å²) in [6, 6.07) is 5.86. The predicted octanol–water partition coefficient (Wildman–Crippen LogP) is 4.05. The lowest BCUT2D eigenvalue weighted by Gasteiger charge is -2.15. The summed E-state index contributed by atoms with van der Waals surface area (Å²) < 4.78 is 6.30. The normalized spacial score (nSPS) is 12.8. The number of aryl methyl sites for hydroxylation is 3. The van der Waals surface area contributed by atoms with Crippen LogP contribution in [0.25, 0.3) is 0 Å². The Hall–Kier alpha value is -1.06. The molecule has 1 atom stereocenters. The molecular formula is C14H15BrO2. The van der Waals surface area contributed by atoms with Crippen molar-refractivity contribution in [2.75, 3.05) is 0 Å². The lowest BCUT2D eigenvalue weighted by molar-refractivity contribution is 0.217. The molecule has 1 unspecified atom stereocenters. The highest BCUT2D eigenvalue weighted by Crippen LogP contribution is 2.30. The van der Waals surface area contributed by atoms with Crippen LogP contribution in [0.4, 0.5) is 0 Å². The fraction of sp³-hybridized carbons (Fsp3) is 0.286. The lowest BCUT2D eigenvalue weighted by Crippen LogP contribution is -2.03. The molecule has 1 heterocycles. The highest BCUT2D eigenvalue weighted by atomic mass is 79.9. The van der Waals surface area contributed by atoms with E-state index in [1.807, 2.05) is 39.0 Å². The Morgan fingerprint density at radius 1 is 1.12 bits per heavy atom. The highest BCUT2D eigenvalue weighted by Gasteiger charge is 2.17. The predicted molar refractivity (Wildman–Crippen MR) is 71.1 cm³/mol. The summed E-state index contributed by atoms with van der Waals surface area (Å²) in [5, 5.41) is 10.4. The number of rotatable bonds is 2. The standard InChI is InChI=1S/C14H15BrO2/c1-8-7-13(15)9(2)6-12(8)14(16)11-4-5-17-10(11)3/h4-7,14,16H,1-3H3. The number of benzene rings is 1. The molecule has 1 aromatic heterocycles. The average molecular weight is 295 g/mol. The van der Waals surface area contributed by atoms with Crippen molar-refractivity contribution in [1.29, 1.82) is 0 Å². The van der Waals surface area contributed by atoms with Crippen molar-refractivity contribution in [3.8, 4) is 0 Å². The maximum atomic E-state index is 10.4. The number of furan rings is 1. The third-order valence-corrected chi connectivity index (χ3v) is 3.89. The fourth-order valence-corrected chi connectivity index (χ4v) is 2.40. The average Bonchev–Trinajstić information content (AvgIpc) is 2.69. The van der Waals surface area contributed by atoms with Gasteiger partial charge in [0.1, 0.15) is 11.9 Å². The van der Waals surface area contributed by atoms with Crippen LogP contribution in [-0.4, -0.2) is 5.11 Å². The van der Waals surface area contributed by atoms with E-state index < -0.39 is 6.10 Å². The van der Waals surface area contributed by atoms with Crippen LogP contribution >= 0.6 is 15.9 Å². The van der Waals surface area contributed by atoms with Crippen molar-refractivity contribution in [2.45, 2.75) is 26.9 Å². The largest absolute Gasteiger partial charge is 0.469 e. The van der Waals surface area contributed by atoms with Gasteiger partial charge in [0.05, 0.1) is 6.26 Å². The van der Waals surface area contributed by atoms with Crippen LogP contribution in [0.3, 0.4) is 0 Å². The van der Waals surface area contributed by atoms with Crippen LogP contribution < -0.4 is 0 Å². The van der Waals surface area contributed by atoms with Gasteiger partial charge in [0.25, 0.3) is 0 Å². The summed E-state index contributed by atoms with van der Waals surface area (Å²) in [6.45, 7) is 5.87. The number of aliphatic hydroxyl groups excluding tert-OH is 1. The molecule has 1 N–H and O–H groups in total. The topological polar surface area (TPSA) is 33.4 Å². The summed E-state index contributed by atoms with van der Waals surface area (Å²) in [5.41, 5.74) is 3.94. The van der Waals surface area contributed by atoms with Gasteiger partial charge in [0, 0.05) is 10.0 Å². The number of hydrogen-bond acceptors (Lipinski definition) is 2. The van der Waals surface area contributed by atoms with Gasteiger partial charge in [-0.2, -0.15) is 0 Å². The molecule has 0 aliphatic carbocycles. The van der Waals surface area contributed by atoms with E-state index in [1.165, 1.54) is 0 Å². The Bertz CT molecular complexity index is 543. The maximum absolute atomic E-state index is 10.4. The molecule has 0 radical (unpaired) electrons. The van der Waals surface area contributed by atoms with Crippen molar-refractivity contribution >= 4 is 15.9 Å². The van der Waals surface area contributed by atoms with E-state index in [2.05, 4.69) is 15.9 Å². The molecule has 0 aliphatic heterocycles. The highest BCUT2D eigenvalue weighted by molar-refractivity contribution is 9.10. The van der Waals surface area contributed by atoms with Gasteiger partial charge in [0.2, 0.25) is 0 Å². The van der Waals surface area contributed by atoms with Crippen LogP contribution in [0.5, 0.6) is 0 Å². The van der Waals surface area contributed by atoms with Crippen LogP contribution in [0.1, 0.15) is 34.1 Å². The maximum Gasteiger partial charge on any atom is 0.108 e. The first-order chi connectivity index (χ1) is 8.00. The third kappa shape index (κ3) is 2.31. The molecule has 0 amide bonds. The van der Waals surface area contributed by atoms with Gasteiger partial charge in [-0.25, -0.2) is 0 Å². The van der Waals surface area contributed by atoms with Crippen LogP contribution in [-0.2, 0) is 0 Å². The first-order valence-corrected chi connectivity index (χ1v) is 6.28. The molecular weight excluding hydrogens is 280 g/mol. The fourth-order valence-electron chi connectivity index (χ4n) is 1.94. The molecule has 3 heteroatoms. The van der Waals surface area contributed by atoms with Crippen LogP contribution in [0.15, 0.2) is 33.4 Å². The minimum atomic E-state index is -0.624. The zero-order valence-electron chi connectivity index (χ0n) is 10.1. The molecule has 2 nitrogen and oxygen atoms in total. The van der Waals surface area contributed by atoms with Gasteiger partial charge >= 0.3 is 0 Å². The Morgan fingerprint density at radius 2 is 1.82 bits per heavy atom. The lowest BCUT2D eigenvalue weighted by atomic mass is 9.96. The van der Waals surface area contributed by atoms with E-state index in [-0.39, 0.29) is 0 Å². The monoisotopic (exact) mass is 294 g/mol. The molecule has 2 aromatic rings. The second-order valence-corrected chi connectivity index (χ2v) is 5.15. The van der Waals surface area contributed by atoms with Gasteiger partial charge in [-0.05, 0) is 49.6 Å². The van der Waals surface area contributed by atoms with Gasteiger partial charge in [-0.15, -0.1) is 0 Å². The first-order valence-electron chi connectivity index (χ1n) is 5.49. The molecule has 0 spiro atoms. The third-order valence-electron chi connectivity index (χ3n) is 3.04. The summed E-state index contributed by atoms with van der Waals surface area (Å²) >= 11 is 3.49. The molecule has 0 saturated carbocycles. The minimum absolute atomic E-state index is 0.624. The van der Waals surface area contributed by atoms with Crippen molar-refractivity contribution in [3.05, 3.63) is 56.9 Å². The number of hydrogen-bond donors (Lipinski definition) is 1. The van der Waals surface area contributed by atoms with Crippen LogP contribution in [0.2, 0.25) is 0 Å². The van der Waals surface area contributed by atoms with E-state index in [9.17, 15) is 5.11 Å². The zero-order chi connectivity index (χ0) is 12.6. The van der Waals surface area contributed by atoms with Crippen molar-refractivity contribution in [2.24, 2.45) is 0 Å². The Labute approximate surface area is 109 Å². The molecule has 1 aromatic carbocycles. The molecule has 0 aliphatic rings. The Kier molecular flexibility index (Phi) is 3.40. The van der Waals surface area contributed by atoms with Crippen molar-refractivity contribution in [3.63, 3.8) is 0 Å². The SMILES string of the molecule is Cc1cc(C(O)c2ccoc2C)c(C)cc1Br. The number of aliphatic hydroxyl groups is 1. The van der Waals surface area contributed by atoms with Crippen molar-refractivity contribution in [1.82, 2.24) is 0 Å². The smallest absolute Gasteiger partial charge is 0.108 e. The summed E-state index contributed by atoms with van der Waals surface area (Å²) in [6.07, 6.45) is 0.982. The number of halogens is 1. The van der Waals surface area contributed by atoms with Crippen molar-refractivity contribution < 1.29 is 9.52 Å².